The Kier molecular flexibility index (Phi) is 26.9. The summed E-state index contributed by atoms with van der Waals surface area (Å²) in [4.78, 5) is 25.4. The second-order valence-electron chi connectivity index (χ2n) is 10.1. The molecule has 0 fully saturated rings. The van der Waals surface area contributed by atoms with Gasteiger partial charge in [-0.3, -0.25) is 9.59 Å². The number of nitrogens with zero attached hydrogens (tertiary/aromatic N) is 1. The normalized spacial score (nSPS) is 11.0. The topological polar surface area (TPSA) is 120 Å². The van der Waals surface area contributed by atoms with E-state index in [0.717, 1.165) is 44.7 Å². The maximum Gasteiger partial charge on any atom is 0.246 e. The molecule has 0 aliphatic rings. The first-order valence-electron chi connectivity index (χ1n) is 15.7. The number of carbonyl (C=O) groups excluding carboxylic acids is 2. The van der Waals surface area contributed by atoms with Gasteiger partial charge < -0.3 is 44.5 Å². The third kappa shape index (κ3) is 24.0. The lowest BCUT2D eigenvalue weighted by molar-refractivity contribution is -0.122. The highest BCUT2D eigenvalue weighted by Crippen LogP contribution is 2.15. The van der Waals surface area contributed by atoms with Gasteiger partial charge in [-0.25, -0.2) is 0 Å². The fraction of sp³-hybridized carbons (Fsp3) is 0.688. The summed E-state index contributed by atoms with van der Waals surface area (Å²) >= 11 is 11.8. The minimum absolute atomic E-state index is 0.0345. The van der Waals surface area contributed by atoms with Crippen molar-refractivity contribution in [3.05, 3.63) is 42.0 Å². The lowest BCUT2D eigenvalue weighted by atomic mass is 10.2. The zero-order valence-corrected chi connectivity index (χ0v) is 28.4. The van der Waals surface area contributed by atoms with Gasteiger partial charge >= 0.3 is 0 Å². The number of amides is 2. The van der Waals surface area contributed by atoms with E-state index in [0.29, 0.717) is 103 Å². The highest BCUT2D eigenvalue weighted by Gasteiger charge is 2.05. The first kappa shape index (κ1) is 41.1. The molecule has 0 aliphatic heterocycles. The average molecular weight is 678 g/mol. The lowest BCUT2D eigenvalue weighted by Crippen LogP contribution is -2.27. The standard InChI is InChI=1S/C32H54Cl2N4O7/c1-28(2)32(40)37-14-20-43-22-24-45-26-25-44-23-21-42-19-9-31(39)36-13-4-18-41-17-3-12-35-27-29-5-7-30(8-6-29)38(15-10-33)16-11-34/h5-8,35H,1,3-4,9-27H2,2H3,(H,36,39)(H,37,40). The second kappa shape index (κ2) is 29.4. The Balaban J connectivity index is 1.82. The van der Waals surface area contributed by atoms with Crippen LogP contribution in [0.3, 0.4) is 0 Å². The van der Waals surface area contributed by atoms with Gasteiger partial charge in [0.15, 0.2) is 0 Å². The first-order chi connectivity index (χ1) is 22.0. The Morgan fingerprint density at radius 2 is 1.24 bits per heavy atom. The predicted molar refractivity (Wildman–Crippen MR) is 181 cm³/mol. The van der Waals surface area contributed by atoms with Crippen molar-refractivity contribution in [1.29, 1.82) is 0 Å². The number of halogens is 2. The van der Waals surface area contributed by atoms with Gasteiger partial charge in [0.25, 0.3) is 0 Å². The van der Waals surface area contributed by atoms with E-state index in [1.807, 2.05) is 0 Å². The van der Waals surface area contributed by atoms with Gasteiger partial charge in [0, 0.05) is 75.4 Å². The molecule has 11 nitrogen and oxygen atoms in total. The van der Waals surface area contributed by atoms with E-state index in [2.05, 4.69) is 51.7 Å². The molecular formula is C32H54Cl2N4O7. The third-order valence-corrected chi connectivity index (χ3v) is 6.62. The first-order valence-corrected chi connectivity index (χ1v) is 16.8. The molecule has 0 saturated heterocycles. The van der Waals surface area contributed by atoms with Crippen LogP contribution in [0.15, 0.2) is 36.4 Å². The Morgan fingerprint density at radius 3 is 1.82 bits per heavy atom. The largest absolute Gasteiger partial charge is 0.381 e. The number of benzene rings is 1. The van der Waals surface area contributed by atoms with Gasteiger partial charge in [-0.05, 0) is 44.0 Å². The molecule has 45 heavy (non-hydrogen) atoms. The monoisotopic (exact) mass is 676 g/mol. The molecule has 0 saturated carbocycles. The highest BCUT2D eigenvalue weighted by molar-refractivity contribution is 6.18. The minimum Gasteiger partial charge on any atom is -0.381 e. The number of ether oxygens (including phenoxy) is 5. The van der Waals surface area contributed by atoms with Crippen LogP contribution in [0.5, 0.6) is 0 Å². The summed E-state index contributed by atoms with van der Waals surface area (Å²) in [5.74, 6) is 0.944. The number of rotatable bonds is 31. The van der Waals surface area contributed by atoms with Gasteiger partial charge in [0.2, 0.25) is 11.8 Å². The SMILES string of the molecule is C=C(C)C(=O)NCCOCCOCCOCCOCCC(=O)NCCCOCCCNCc1ccc(N(CCCl)CCCl)cc1. The van der Waals surface area contributed by atoms with Crippen molar-refractivity contribution in [3.63, 3.8) is 0 Å². The van der Waals surface area contributed by atoms with Crippen molar-refractivity contribution in [2.24, 2.45) is 0 Å². The summed E-state index contributed by atoms with van der Waals surface area (Å²) in [5, 5.41) is 9.02. The molecule has 0 aliphatic carbocycles. The van der Waals surface area contributed by atoms with E-state index in [-0.39, 0.29) is 11.8 Å². The summed E-state index contributed by atoms with van der Waals surface area (Å²) in [6, 6.07) is 8.48. The zero-order valence-electron chi connectivity index (χ0n) is 26.9. The van der Waals surface area contributed by atoms with Crippen LogP contribution in [0.4, 0.5) is 5.69 Å². The molecule has 0 radical (unpaired) electrons. The maximum absolute atomic E-state index is 11.9. The van der Waals surface area contributed by atoms with Gasteiger partial charge in [-0.2, -0.15) is 0 Å². The van der Waals surface area contributed by atoms with E-state index in [1.54, 1.807) is 6.92 Å². The Hall–Kier alpha value is -1.96. The molecule has 3 N–H and O–H groups in total. The maximum atomic E-state index is 11.9. The number of nitrogens with one attached hydrogen (secondary N) is 3. The molecule has 1 aromatic carbocycles. The van der Waals surface area contributed by atoms with Crippen molar-refractivity contribution < 1.29 is 33.3 Å². The van der Waals surface area contributed by atoms with Crippen LogP contribution in [0, 0.1) is 0 Å². The van der Waals surface area contributed by atoms with E-state index >= 15 is 0 Å². The van der Waals surface area contributed by atoms with Crippen molar-refractivity contribution >= 4 is 40.7 Å². The van der Waals surface area contributed by atoms with Crippen LogP contribution < -0.4 is 20.9 Å². The molecule has 2 amide bonds. The zero-order chi connectivity index (χ0) is 32.8. The highest BCUT2D eigenvalue weighted by atomic mass is 35.5. The molecule has 0 unspecified atom stereocenters. The van der Waals surface area contributed by atoms with Crippen LogP contribution in [-0.2, 0) is 39.8 Å². The van der Waals surface area contributed by atoms with Crippen LogP contribution in [0.1, 0.15) is 31.7 Å². The van der Waals surface area contributed by atoms with Gasteiger partial charge in [0.05, 0.1) is 52.9 Å². The second-order valence-corrected chi connectivity index (χ2v) is 10.9. The van der Waals surface area contributed by atoms with Crippen molar-refractivity contribution in [3.8, 4) is 0 Å². The molecular weight excluding hydrogens is 623 g/mol. The van der Waals surface area contributed by atoms with Gasteiger partial charge in [-0.1, -0.05) is 18.7 Å². The number of anilines is 1. The van der Waals surface area contributed by atoms with Crippen molar-refractivity contribution in [2.75, 3.05) is 115 Å². The van der Waals surface area contributed by atoms with Crippen molar-refractivity contribution in [2.45, 2.75) is 32.7 Å². The average Bonchev–Trinajstić information content (AvgIpc) is 3.03. The smallest absolute Gasteiger partial charge is 0.246 e. The van der Waals surface area contributed by atoms with Gasteiger partial charge in [-0.15, -0.1) is 23.2 Å². The molecule has 0 heterocycles. The summed E-state index contributed by atoms with van der Waals surface area (Å²) in [7, 11) is 0. The van der Waals surface area contributed by atoms with Crippen LogP contribution in [0.25, 0.3) is 0 Å². The summed E-state index contributed by atoms with van der Waals surface area (Å²) in [6.07, 6.45) is 2.01. The number of carbonyl (C=O) groups is 2. The Morgan fingerprint density at radius 1 is 0.711 bits per heavy atom. The minimum atomic E-state index is -0.169. The Bertz CT molecular complexity index is 891. The van der Waals surface area contributed by atoms with E-state index in [1.165, 1.54) is 5.56 Å². The molecule has 13 heteroatoms. The number of hydrogen-bond donors (Lipinski definition) is 3. The molecule has 0 atom stereocenters. The number of alkyl halides is 2. The Labute approximate surface area is 279 Å². The summed E-state index contributed by atoms with van der Waals surface area (Å²) < 4.78 is 27.3. The summed E-state index contributed by atoms with van der Waals surface area (Å²) in [6.45, 7) is 14.2. The quantitative estimate of drug-likeness (QED) is 0.0619. The molecule has 0 spiro atoms. The van der Waals surface area contributed by atoms with Crippen LogP contribution in [-0.4, -0.2) is 122 Å². The molecule has 0 aromatic heterocycles. The van der Waals surface area contributed by atoms with Crippen molar-refractivity contribution in [1.82, 2.24) is 16.0 Å². The van der Waals surface area contributed by atoms with E-state index in [9.17, 15) is 9.59 Å². The summed E-state index contributed by atoms with van der Waals surface area (Å²) in [5.41, 5.74) is 2.84. The lowest BCUT2D eigenvalue weighted by Gasteiger charge is -2.23. The molecule has 1 rings (SSSR count). The molecule has 1 aromatic rings. The fourth-order valence-electron chi connectivity index (χ4n) is 3.84. The van der Waals surface area contributed by atoms with Gasteiger partial charge in [0.1, 0.15) is 0 Å². The van der Waals surface area contributed by atoms with Crippen LogP contribution in [0.2, 0.25) is 0 Å². The van der Waals surface area contributed by atoms with Crippen LogP contribution >= 0.6 is 23.2 Å². The van der Waals surface area contributed by atoms with E-state index < -0.39 is 0 Å². The number of hydrogen-bond acceptors (Lipinski definition) is 9. The molecule has 0 bridgehead atoms. The predicted octanol–water partition coefficient (Wildman–Crippen LogP) is 3.12. The fourth-order valence-corrected chi connectivity index (χ4v) is 4.25. The third-order valence-electron chi connectivity index (χ3n) is 6.28. The van der Waals surface area contributed by atoms with E-state index in [4.69, 9.17) is 46.9 Å². The molecule has 258 valence electrons.